The highest BCUT2D eigenvalue weighted by molar-refractivity contribution is 5.89. The minimum absolute atomic E-state index is 0.261. The molecule has 1 aromatic carbocycles. The Hall–Kier alpha value is -1.77. The predicted molar refractivity (Wildman–Crippen MR) is 62.1 cm³/mol. The van der Waals surface area contributed by atoms with Crippen molar-refractivity contribution in [3.05, 3.63) is 47.7 Å². The van der Waals surface area contributed by atoms with Gasteiger partial charge in [-0.3, -0.25) is 0 Å². The average molecular weight is 220 g/mol. The number of benzene rings is 1. The van der Waals surface area contributed by atoms with E-state index in [9.17, 15) is 4.79 Å². The standard InChI is InChI=1S/C13H16O3/c1-11(2)10-15-8-9-16-13(14)12-6-4-3-5-7-12/h3-7,10H,8-9H2,1-2H3. The molecule has 0 saturated heterocycles. The normalized spacial score (nSPS) is 9.38. The van der Waals surface area contributed by atoms with E-state index >= 15 is 0 Å². The Kier molecular flexibility index (Phi) is 5.12. The van der Waals surface area contributed by atoms with Gasteiger partial charge in [0.05, 0.1) is 11.8 Å². The Morgan fingerprint density at radius 1 is 1.19 bits per heavy atom. The minimum atomic E-state index is -0.318. The lowest BCUT2D eigenvalue weighted by molar-refractivity contribution is 0.0419. The molecular formula is C13H16O3. The van der Waals surface area contributed by atoms with Gasteiger partial charge in [0.2, 0.25) is 0 Å². The fraction of sp³-hybridized carbons (Fsp3) is 0.308. The fourth-order valence-corrected chi connectivity index (χ4v) is 1.07. The molecule has 1 aromatic rings. The van der Waals surface area contributed by atoms with Crippen molar-refractivity contribution in [2.45, 2.75) is 13.8 Å². The van der Waals surface area contributed by atoms with Gasteiger partial charge >= 0.3 is 5.97 Å². The van der Waals surface area contributed by atoms with Crippen molar-refractivity contribution >= 4 is 5.97 Å². The lowest BCUT2D eigenvalue weighted by Crippen LogP contribution is -2.09. The summed E-state index contributed by atoms with van der Waals surface area (Å²) in [4.78, 5) is 11.4. The molecule has 0 bridgehead atoms. The van der Waals surface area contributed by atoms with Gasteiger partial charge in [0.25, 0.3) is 0 Å². The first-order chi connectivity index (χ1) is 7.70. The van der Waals surface area contributed by atoms with Crippen LogP contribution in [0, 0.1) is 0 Å². The zero-order valence-electron chi connectivity index (χ0n) is 9.60. The molecular weight excluding hydrogens is 204 g/mol. The summed E-state index contributed by atoms with van der Waals surface area (Å²) in [5.41, 5.74) is 1.64. The summed E-state index contributed by atoms with van der Waals surface area (Å²) < 4.78 is 10.2. The molecule has 0 aromatic heterocycles. The fourth-order valence-electron chi connectivity index (χ4n) is 1.07. The number of allylic oxidation sites excluding steroid dienone is 1. The van der Waals surface area contributed by atoms with E-state index in [0.29, 0.717) is 12.2 Å². The van der Waals surface area contributed by atoms with Gasteiger partial charge in [-0.1, -0.05) is 18.2 Å². The molecule has 0 aliphatic rings. The third-order valence-corrected chi connectivity index (χ3v) is 1.76. The second-order valence-electron chi connectivity index (χ2n) is 3.57. The molecule has 0 amide bonds. The van der Waals surface area contributed by atoms with Crippen LogP contribution in [-0.4, -0.2) is 19.2 Å². The van der Waals surface area contributed by atoms with Gasteiger partial charge in [-0.15, -0.1) is 0 Å². The van der Waals surface area contributed by atoms with Crippen LogP contribution in [0.5, 0.6) is 0 Å². The number of carbonyl (C=O) groups excluding carboxylic acids is 1. The van der Waals surface area contributed by atoms with Crippen molar-refractivity contribution in [3.8, 4) is 0 Å². The van der Waals surface area contributed by atoms with Crippen LogP contribution in [0.1, 0.15) is 24.2 Å². The highest BCUT2D eigenvalue weighted by Crippen LogP contribution is 2.00. The highest BCUT2D eigenvalue weighted by Gasteiger charge is 2.04. The van der Waals surface area contributed by atoms with Crippen molar-refractivity contribution in [1.29, 1.82) is 0 Å². The SMILES string of the molecule is CC(C)=COCCOC(=O)c1ccccc1. The van der Waals surface area contributed by atoms with E-state index < -0.39 is 0 Å². The molecule has 0 atom stereocenters. The van der Waals surface area contributed by atoms with E-state index in [2.05, 4.69) is 0 Å². The van der Waals surface area contributed by atoms with Crippen LogP contribution < -0.4 is 0 Å². The first-order valence-electron chi connectivity index (χ1n) is 5.17. The van der Waals surface area contributed by atoms with Crippen LogP contribution in [0.25, 0.3) is 0 Å². The number of carbonyl (C=O) groups is 1. The summed E-state index contributed by atoms with van der Waals surface area (Å²) in [6.07, 6.45) is 1.65. The maximum absolute atomic E-state index is 11.4. The average Bonchev–Trinajstić information content (AvgIpc) is 2.29. The van der Waals surface area contributed by atoms with Crippen molar-refractivity contribution in [2.24, 2.45) is 0 Å². The van der Waals surface area contributed by atoms with Crippen molar-refractivity contribution in [1.82, 2.24) is 0 Å². The molecule has 0 radical (unpaired) electrons. The van der Waals surface area contributed by atoms with Gasteiger partial charge in [0, 0.05) is 0 Å². The lowest BCUT2D eigenvalue weighted by Gasteiger charge is -2.04. The van der Waals surface area contributed by atoms with Gasteiger partial charge in [-0.05, 0) is 31.6 Å². The summed E-state index contributed by atoms with van der Waals surface area (Å²) in [5.74, 6) is -0.318. The van der Waals surface area contributed by atoms with Crippen molar-refractivity contribution in [2.75, 3.05) is 13.2 Å². The van der Waals surface area contributed by atoms with Gasteiger partial charge in [0.15, 0.2) is 0 Å². The molecule has 1 rings (SSSR count). The van der Waals surface area contributed by atoms with Crippen LogP contribution in [0.15, 0.2) is 42.2 Å². The predicted octanol–water partition coefficient (Wildman–Crippen LogP) is 2.78. The number of esters is 1. The molecule has 16 heavy (non-hydrogen) atoms. The quantitative estimate of drug-likeness (QED) is 0.435. The van der Waals surface area contributed by atoms with Crippen molar-refractivity contribution < 1.29 is 14.3 Å². The largest absolute Gasteiger partial charge is 0.498 e. The third kappa shape index (κ3) is 4.64. The first-order valence-corrected chi connectivity index (χ1v) is 5.17. The number of hydrogen-bond acceptors (Lipinski definition) is 3. The number of hydrogen-bond donors (Lipinski definition) is 0. The van der Waals surface area contributed by atoms with E-state index in [1.165, 1.54) is 0 Å². The van der Waals surface area contributed by atoms with Gasteiger partial charge in [-0.2, -0.15) is 0 Å². The summed E-state index contributed by atoms with van der Waals surface area (Å²) in [7, 11) is 0. The van der Waals surface area contributed by atoms with E-state index in [4.69, 9.17) is 9.47 Å². The molecule has 0 aliphatic heterocycles. The maximum atomic E-state index is 11.4. The van der Waals surface area contributed by atoms with Crippen LogP contribution in [0.4, 0.5) is 0 Å². The van der Waals surface area contributed by atoms with Gasteiger partial charge in [0.1, 0.15) is 13.2 Å². The Balaban J connectivity index is 2.24. The Morgan fingerprint density at radius 2 is 1.88 bits per heavy atom. The molecule has 3 nitrogen and oxygen atoms in total. The van der Waals surface area contributed by atoms with Crippen molar-refractivity contribution in [3.63, 3.8) is 0 Å². The number of ether oxygens (including phenoxy) is 2. The maximum Gasteiger partial charge on any atom is 0.338 e. The lowest BCUT2D eigenvalue weighted by atomic mass is 10.2. The third-order valence-electron chi connectivity index (χ3n) is 1.76. The summed E-state index contributed by atoms with van der Waals surface area (Å²) >= 11 is 0. The Morgan fingerprint density at radius 3 is 2.50 bits per heavy atom. The molecule has 0 spiro atoms. The Labute approximate surface area is 95.7 Å². The van der Waals surface area contributed by atoms with Gasteiger partial charge in [-0.25, -0.2) is 4.79 Å². The van der Waals surface area contributed by atoms with E-state index in [1.807, 2.05) is 19.9 Å². The van der Waals surface area contributed by atoms with E-state index in [0.717, 1.165) is 5.57 Å². The van der Waals surface area contributed by atoms with Crippen LogP contribution in [0.3, 0.4) is 0 Å². The molecule has 86 valence electrons. The topological polar surface area (TPSA) is 35.5 Å². The summed E-state index contributed by atoms with van der Waals surface area (Å²) in [5, 5.41) is 0. The van der Waals surface area contributed by atoms with E-state index in [-0.39, 0.29) is 12.6 Å². The highest BCUT2D eigenvalue weighted by atomic mass is 16.6. The number of rotatable bonds is 5. The Bertz CT molecular complexity index is 351. The first kappa shape index (κ1) is 12.3. The molecule has 3 heteroatoms. The zero-order valence-corrected chi connectivity index (χ0v) is 9.60. The summed E-state index contributed by atoms with van der Waals surface area (Å²) in [6.45, 7) is 4.52. The molecule has 0 unspecified atom stereocenters. The van der Waals surface area contributed by atoms with E-state index in [1.54, 1.807) is 30.5 Å². The van der Waals surface area contributed by atoms with Crippen LogP contribution in [0.2, 0.25) is 0 Å². The monoisotopic (exact) mass is 220 g/mol. The minimum Gasteiger partial charge on any atom is -0.498 e. The van der Waals surface area contributed by atoms with Crippen LogP contribution in [-0.2, 0) is 9.47 Å². The molecule has 0 aliphatic carbocycles. The second kappa shape index (κ2) is 6.67. The molecule has 0 saturated carbocycles. The molecule has 0 N–H and O–H groups in total. The summed E-state index contributed by atoms with van der Waals surface area (Å²) in [6, 6.07) is 8.90. The van der Waals surface area contributed by atoms with Gasteiger partial charge < -0.3 is 9.47 Å². The molecule has 0 heterocycles. The smallest absolute Gasteiger partial charge is 0.338 e. The van der Waals surface area contributed by atoms with Crippen LogP contribution >= 0.6 is 0 Å². The molecule has 0 fully saturated rings. The second-order valence-corrected chi connectivity index (χ2v) is 3.57. The zero-order chi connectivity index (χ0) is 11.8.